The Kier molecular flexibility index (Phi) is 10.2. The summed E-state index contributed by atoms with van der Waals surface area (Å²) in [6.45, 7) is 1.18. The molecule has 1 aliphatic carbocycles. The zero-order valence-electron chi connectivity index (χ0n) is 24.1. The van der Waals surface area contributed by atoms with Crippen LogP contribution in [0, 0.1) is 5.82 Å². The maximum atomic E-state index is 13.9. The third kappa shape index (κ3) is 8.95. The van der Waals surface area contributed by atoms with Gasteiger partial charge in [0.25, 0.3) is 0 Å². The minimum absolute atomic E-state index is 0.0149. The van der Waals surface area contributed by atoms with Crippen molar-refractivity contribution in [3.8, 4) is 0 Å². The minimum Gasteiger partial charge on any atom is -0.376 e. The normalized spacial score (nSPS) is 17.4. The molecular formula is C33H38FN3O5S. The first-order valence-electron chi connectivity index (χ1n) is 14.9. The molecule has 8 nitrogen and oxygen atoms in total. The molecule has 2 unspecified atom stereocenters. The molecule has 3 aromatic rings. The number of rotatable bonds is 14. The molecule has 3 aromatic carbocycles. The lowest BCUT2D eigenvalue weighted by atomic mass is 10.0. The van der Waals surface area contributed by atoms with E-state index in [4.69, 9.17) is 4.74 Å². The fourth-order valence-electron chi connectivity index (χ4n) is 5.20. The van der Waals surface area contributed by atoms with Crippen LogP contribution in [0.2, 0.25) is 0 Å². The van der Waals surface area contributed by atoms with Crippen molar-refractivity contribution in [2.75, 3.05) is 13.2 Å². The molecule has 1 aliphatic heterocycles. The van der Waals surface area contributed by atoms with Crippen LogP contribution in [0.1, 0.15) is 48.8 Å². The Bertz CT molecular complexity index is 1470. The van der Waals surface area contributed by atoms with E-state index in [1.54, 1.807) is 41.3 Å². The van der Waals surface area contributed by atoms with Crippen LogP contribution >= 0.6 is 0 Å². The molecule has 0 aromatic heterocycles. The number of carbonyl (C=O) groups excluding carboxylic acids is 2. The first-order valence-corrected chi connectivity index (χ1v) is 16.3. The number of hydrogen-bond acceptors (Lipinski definition) is 5. The van der Waals surface area contributed by atoms with Crippen LogP contribution in [-0.4, -0.2) is 56.5 Å². The van der Waals surface area contributed by atoms with Gasteiger partial charge >= 0.3 is 0 Å². The summed E-state index contributed by atoms with van der Waals surface area (Å²) in [5.74, 6) is -0.883. The molecule has 0 radical (unpaired) electrons. The molecule has 0 spiro atoms. The van der Waals surface area contributed by atoms with Crippen molar-refractivity contribution in [3.05, 3.63) is 101 Å². The second-order valence-electron chi connectivity index (χ2n) is 11.3. The summed E-state index contributed by atoms with van der Waals surface area (Å²) in [5.41, 5.74) is 2.42. The molecule has 2 amide bonds. The Hall–Kier alpha value is -3.60. The average Bonchev–Trinajstić information content (AvgIpc) is 3.66. The summed E-state index contributed by atoms with van der Waals surface area (Å²) in [7, 11) is -3.56. The number of benzene rings is 3. The van der Waals surface area contributed by atoms with Crippen LogP contribution in [0.4, 0.5) is 4.39 Å². The lowest BCUT2D eigenvalue weighted by Crippen LogP contribution is -2.51. The van der Waals surface area contributed by atoms with E-state index in [0.717, 1.165) is 36.8 Å². The summed E-state index contributed by atoms with van der Waals surface area (Å²) in [4.78, 5) is 29.3. The molecule has 0 bridgehead atoms. The maximum absolute atomic E-state index is 13.9. The van der Waals surface area contributed by atoms with Crippen LogP contribution in [-0.2, 0) is 43.7 Å². The lowest BCUT2D eigenvalue weighted by Gasteiger charge is -2.32. The molecule has 43 heavy (non-hydrogen) atoms. The number of sulfonamides is 1. The maximum Gasteiger partial charge on any atom is 0.243 e. The zero-order chi connectivity index (χ0) is 30.2. The quantitative estimate of drug-likeness (QED) is 0.287. The van der Waals surface area contributed by atoms with Crippen LogP contribution in [0.5, 0.6) is 0 Å². The third-order valence-electron chi connectivity index (χ3n) is 7.83. The molecule has 228 valence electrons. The number of amides is 2. The van der Waals surface area contributed by atoms with Crippen molar-refractivity contribution in [1.29, 1.82) is 0 Å². The van der Waals surface area contributed by atoms with Gasteiger partial charge < -0.3 is 15.0 Å². The third-order valence-corrected chi connectivity index (χ3v) is 9.36. The minimum atomic E-state index is -3.56. The van der Waals surface area contributed by atoms with Gasteiger partial charge in [0.15, 0.2) is 0 Å². The van der Waals surface area contributed by atoms with E-state index in [1.807, 2.05) is 30.3 Å². The van der Waals surface area contributed by atoms with Crippen LogP contribution in [0.15, 0.2) is 83.8 Å². The summed E-state index contributed by atoms with van der Waals surface area (Å²) >= 11 is 0. The second-order valence-corrected chi connectivity index (χ2v) is 13.0. The van der Waals surface area contributed by atoms with Crippen LogP contribution < -0.4 is 10.0 Å². The molecule has 1 heterocycles. The van der Waals surface area contributed by atoms with E-state index in [2.05, 4.69) is 10.0 Å². The Balaban J connectivity index is 1.34. The number of halogens is 1. The topological polar surface area (TPSA) is 105 Å². The van der Waals surface area contributed by atoms with Crippen molar-refractivity contribution in [2.45, 2.75) is 74.6 Å². The Morgan fingerprint density at radius 2 is 1.60 bits per heavy atom. The van der Waals surface area contributed by atoms with Gasteiger partial charge in [-0.1, -0.05) is 54.6 Å². The molecule has 2 aliphatic rings. The number of hydrogen-bond donors (Lipinski definition) is 2. The summed E-state index contributed by atoms with van der Waals surface area (Å²) in [5, 5.41) is 3.01. The fraction of sp³-hybridized carbons (Fsp3) is 0.394. The summed E-state index contributed by atoms with van der Waals surface area (Å²) in [6, 6.07) is 21.2. The second kappa shape index (κ2) is 14.2. The predicted octanol–water partition coefficient (Wildman–Crippen LogP) is 4.13. The van der Waals surface area contributed by atoms with E-state index in [9.17, 15) is 22.4 Å². The SMILES string of the molecule is O=C(NCC1CCCO1)C(Cc1ccccc1)N(Cc1ccc(F)cc1)C(=O)CCc1ccc(S(=O)(=O)NC2CC2)cc1. The number of carbonyl (C=O) groups is 2. The number of aryl methyl sites for hydroxylation is 1. The van der Waals surface area contributed by atoms with E-state index in [-0.39, 0.29) is 47.6 Å². The van der Waals surface area contributed by atoms with Gasteiger partial charge in [0.2, 0.25) is 21.8 Å². The van der Waals surface area contributed by atoms with Gasteiger partial charge in [0, 0.05) is 38.6 Å². The highest BCUT2D eigenvalue weighted by Gasteiger charge is 2.31. The van der Waals surface area contributed by atoms with Crippen LogP contribution in [0.3, 0.4) is 0 Å². The largest absolute Gasteiger partial charge is 0.376 e. The van der Waals surface area contributed by atoms with Crippen molar-refractivity contribution in [3.63, 3.8) is 0 Å². The first kappa shape index (κ1) is 30.8. The van der Waals surface area contributed by atoms with Crippen molar-refractivity contribution in [1.82, 2.24) is 14.9 Å². The number of nitrogens with one attached hydrogen (secondary N) is 2. The average molecular weight is 608 g/mol. The van der Waals surface area contributed by atoms with Gasteiger partial charge in [-0.05, 0) is 73.1 Å². The monoisotopic (exact) mass is 607 g/mol. The highest BCUT2D eigenvalue weighted by molar-refractivity contribution is 7.89. The molecule has 2 N–H and O–H groups in total. The molecular weight excluding hydrogens is 569 g/mol. The Morgan fingerprint density at radius 3 is 2.26 bits per heavy atom. The van der Waals surface area contributed by atoms with Crippen molar-refractivity contribution >= 4 is 21.8 Å². The molecule has 2 atom stereocenters. The van der Waals surface area contributed by atoms with Crippen LogP contribution in [0.25, 0.3) is 0 Å². The van der Waals surface area contributed by atoms with E-state index in [0.29, 0.717) is 31.6 Å². The first-order chi connectivity index (χ1) is 20.8. The Labute approximate surface area is 252 Å². The molecule has 1 saturated carbocycles. The Morgan fingerprint density at radius 1 is 0.907 bits per heavy atom. The van der Waals surface area contributed by atoms with Gasteiger partial charge in [-0.15, -0.1) is 0 Å². The summed E-state index contributed by atoms with van der Waals surface area (Å²) in [6.07, 6.45) is 4.27. The lowest BCUT2D eigenvalue weighted by molar-refractivity contribution is -0.141. The van der Waals surface area contributed by atoms with Gasteiger partial charge in [-0.3, -0.25) is 9.59 Å². The van der Waals surface area contributed by atoms with Crippen molar-refractivity contribution in [2.24, 2.45) is 0 Å². The smallest absolute Gasteiger partial charge is 0.243 e. The van der Waals surface area contributed by atoms with E-state index < -0.39 is 16.1 Å². The van der Waals surface area contributed by atoms with Crippen molar-refractivity contribution < 1.29 is 27.1 Å². The van der Waals surface area contributed by atoms with Gasteiger partial charge in [-0.2, -0.15) is 0 Å². The number of nitrogens with zero attached hydrogens (tertiary/aromatic N) is 1. The van der Waals surface area contributed by atoms with Gasteiger partial charge in [0.05, 0.1) is 11.0 Å². The number of ether oxygens (including phenoxy) is 1. The highest BCUT2D eigenvalue weighted by atomic mass is 32.2. The summed E-state index contributed by atoms with van der Waals surface area (Å²) < 4.78 is 47.1. The van der Waals surface area contributed by atoms with E-state index >= 15 is 0 Å². The van der Waals surface area contributed by atoms with E-state index in [1.165, 1.54) is 12.1 Å². The molecule has 5 rings (SSSR count). The molecule has 2 fully saturated rings. The predicted molar refractivity (Wildman–Crippen MR) is 161 cm³/mol. The molecule has 1 saturated heterocycles. The fourth-order valence-corrected chi connectivity index (χ4v) is 6.50. The standard InChI is InChI=1S/C33H38FN3O5S/c34-27-13-8-26(9-14-27)23-37(31(21-25-5-2-1-3-6-25)33(39)35-22-29-7-4-20-42-29)32(38)19-12-24-10-17-30(18-11-24)43(40,41)36-28-15-16-28/h1-3,5-6,8-11,13-14,17-18,28-29,31,36H,4,7,12,15-16,19-23H2,(H,35,39). The van der Waals surface area contributed by atoms with Gasteiger partial charge in [0.1, 0.15) is 11.9 Å². The van der Waals surface area contributed by atoms with Gasteiger partial charge in [-0.25, -0.2) is 17.5 Å². The highest BCUT2D eigenvalue weighted by Crippen LogP contribution is 2.23. The molecule has 10 heteroatoms. The zero-order valence-corrected chi connectivity index (χ0v) is 24.9.